The van der Waals surface area contributed by atoms with Crippen molar-refractivity contribution in [3.05, 3.63) is 32.0 Å². The van der Waals surface area contributed by atoms with E-state index in [0.717, 1.165) is 0 Å². The number of hydrogen-bond donors (Lipinski definition) is 0. The topological polar surface area (TPSA) is 51.4 Å². The zero-order chi connectivity index (χ0) is 8.43. The molecule has 0 aromatic carbocycles. The van der Waals surface area contributed by atoms with E-state index in [1.165, 1.54) is 16.7 Å². The molecule has 1 aromatic heterocycles. The Bertz CT molecular complexity index is 345. The van der Waals surface area contributed by atoms with Crippen LogP contribution in [0.25, 0.3) is 0 Å². The molecule has 0 fully saturated rings. The third-order valence-electron chi connectivity index (χ3n) is 1.32. The fourth-order valence-electron chi connectivity index (χ4n) is 0.667. The lowest BCUT2D eigenvalue weighted by molar-refractivity contribution is 0.835. The molecule has 0 radical (unpaired) electrons. The van der Waals surface area contributed by atoms with Gasteiger partial charge in [-0.2, -0.15) is 0 Å². The van der Waals surface area contributed by atoms with Gasteiger partial charge in [-0.3, -0.25) is 4.79 Å². The lowest BCUT2D eigenvalue weighted by Gasteiger charge is -2.00. The highest BCUT2D eigenvalue weighted by atomic mass is 79.9. The fourth-order valence-corrected chi connectivity index (χ4v) is 1.05. The van der Waals surface area contributed by atoms with Gasteiger partial charge < -0.3 is 4.57 Å². The first-order valence-electron chi connectivity index (χ1n) is 2.85. The van der Waals surface area contributed by atoms with Crippen LogP contribution in [-0.2, 0) is 7.05 Å². The molecule has 5 heteroatoms. The van der Waals surface area contributed by atoms with Crippen molar-refractivity contribution in [2.75, 3.05) is 0 Å². The molecule has 11 heavy (non-hydrogen) atoms. The van der Waals surface area contributed by atoms with Crippen molar-refractivity contribution in [1.29, 1.82) is 0 Å². The summed E-state index contributed by atoms with van der Waals surface area (Å²) in [7, 11) is 1.56. The second-order valence-corrected chi connectivity index (χ2v) is 2.75. The summed E-state index contributed by atoms with van der Waals surface area (Å²) in [6.45, 7) is 0. The average molecular weight is 217 g/mol. The molecule has 0 amide bonds. The Balaban J connectivity index is 3.48. The Labute approximate surface area is 70.9 Å². The largest absolute Gasteiger partial charge is 0.304 e. The summed E-state index contributed by atoms with van der Waals surface area (Å²) in [5.41, 5.74) is 0.0522. The molecule has 0 aliphatic rings. The number of nitrogens with zero attached hydrogens (tertiary/aromatic N) is 2. The summed E-state index contributed by atoms with van der Waals surface area (Å²) in [6, 6.07) is 2.67. The Morgan fingerprint density at radius 1 is 1.55 bits per heavy atom. The van der Waals surface area contributed by atoms with Crippen LogP contribution in [-0.4, -0.2) is 4.57 Å². The van der Waals surface area contributed by atoms with Crippen LogP contribution in [0.15, 0.2) is 26.7 Å². The Morgan fingerprint density at radius 3 is 2.73 bits per heavy atom. The molecule has 1 heterocycles. The predicted octanol–water partition coefficient (Wildman–Crippen LogP) is 1.55. The fraction of sp³-hybridized carbons (Fsp3) is 0.167. The zero-order valence-corrected chi connectivity index (χ0v) is 7.33. The Hall–Kier alpha value is -0.970. The van der Waals surface area contributed by atoms with Crippen molar-refractivity contribution in [2.24, 2.45) is 12.2 Å². The van der Waals surface area contributed by atoms with Gasteiger partial charge >= 0.3 is 0 Å². The molecule has 1 aromatic rings. The number of halogens is 1. The van der Waals surface area contributed by atoms with E-state index in [0.29, 0.717) is 4.60 Å². The highest BCUT2D eigenvalue weighted by Crippen LogP contribution is 2.21. The maximum absolute atomic E-state index is 10.9. The number of pyridine rings is 1. The lowest BCUT2D eigenvalue weighted by atomic mass is 10.4. The minimum Gasteiger partial charge on any atom is -0.304 e. The maximum atomic E-state index is 10.9. The SMILES string of the molecule is Cn1c(Br)c(N=O)ccc1=O. The number of nitroso groups, excluding NO2 is 1. The van der Waals surface area contributed by atoms with Crippen LogP contribution in [0.1, 0.15) is 0 Å². The molecule has 0 atom stereocenters. The summed E-state index contributed by atoms with van der Waals surface area (Å²) < 4.78 is 1.71. The molecule has 0 bridgehead atoms. The van der Waals surface area contributed by atoms with Gasteiger partial charge in [0.05, 0.1) is 0 Å². The van der Waals surface area contributed by atoms with Gasteiger partial charge in [0, 0.05) is 13.1 Å². The van der Waals surface area contributed by atoms with E-state index in [9.17, 15) is 9.70 Å². The van der Waals surface area contributed by atoms with Gasteiger partial charge in [-0.15, -0.1) is 4.91 Å². The van der Waals surface area contributed by atoms with Gasteiger partial charge in [-0.25, -0.2) is 0 Å². The number of aromatic nitrogens is 1. The highest BCUT2D eigenvalue weighted by Gasteiger charge is 2.02. The predicted molar refractivity (Wildman–Crippen MR) is 44.8 cm³/mol. The van der Waals surface area contributed by atoms with Crippen LogP contribution in [0, 0.1) is 4.91 Å². The molecule has 0 spiro atoms. The zero-order valence-electron chi connectivity index (χ0n) is 5.74. The molecule has 0 saturated heterocycles. The van der Waals surface area contributed by atoms with E-state index in [4.69, 9.17) is 0 Å². The van der Waals surface area contributed by atoms with Crippen LogP contribution in [0.5, 0.6) is 0 Å². The summed E-state index contributed by atoms with van der Waals surface area (Å²) in [4.78, 5) is 21.0. The molecular formula is C6H5BrN2O2. The van der Waals surface area contributed by atoms with Gasteiger partial charge in [-0.05, 0) is 27.2 Å². The van der Waals surface area contributed by atoms with Crippen LogP contribution >= 0.6 is 15.9 Å². The monoisotopic (exact) mass is 216 g/mol. The molecule has 0 unspecified atom stereocenters. The second-order valence-electron chi connectivity index (χ2n) is 2.00. The quantitative estimate of drug-likeness (QED) is 0.529. The first-order chi connectivity index (χ1) is 5.16. The summed E-state index contributed by atoms with van der Waals surface area (Å²) >= 11 is 3.06. The van der Waals surface area contributed by atoms with Crippen molar-refractivity contribution in [1.82, 2.24) is 4.57 Å². The van der Waals surface area contributed by atoms with E-state index < -0.39 is 0 Å². The van der Waals surface area contributed by atoms with Gasteiger partial charge in [0.2, 0.25) is 0 Å². The summed E-state index contributed by atoms with van der Waals surface area (Å²) in [5.74, 6) is 0. The Kier molecular flexibility index (Phi) is 2.19. The standard InChI is InChI=1S/C6H5BrN2O2/c1-9-5(10)3-2-4(8-11)6(9)7/h2-3H,1H3. The van der Waals surface area contributed by atoms with Crippen molar-refractivity contribution in [3.8, 4) is 0 Å². The third kappa shape index (κ3) is 1.37. The Morgan fingerprint density at radius 2 is 2.18 bits per heavy atom. The first kappa shape index (κ1) is 8.13. The number of hydrogen-bond acceptors (Lipinski definition) is 3. The summed E-state index contributed by atoms with van der Waals surface area (Å²) in [5, 5.41) is 2.72. The molecular weight excluding hydrogens is 212 g/mol. The van der Waals surface area contributed by atoms with Crippen LogP contribution in [0.3, 0.4) is 0 Å². The molecule has 4 nitrogen and oxygen atoms in total. The summed E-state index contributed by atoms with van der Waals surface area (Å²) in [6.07, 6.45) is 0. The highest BCUT2D eigenvalue weighted by molar-refractivity contribution is 9.10. The molecule has 58 valence electrons. The van der Waals surface area contributed by atoms with Crippen LogP contribution in [0.2, 0.25) is 0 Å². The van der Waals surface area contributed by atoms with Gasteiger partial charge in [-0.1, -0.05) is 0 Å². The molecule has 0 N–H and O–H groups in total. The number of rotatable bonds is 1. The molecule has 1 rings (SSSR count). The first-order valence-corrected chi connectivity index (χ1v) is 3.65. The van der Waals surface area contributed by atoms with E-state index in [1.807, 2.05) is 0 Å². The van der Waals surface area contributed by atoms with Crippen LogP contribution in [0.4, 0.5) is 5.69 Å². The van der Waals surface area contributed by atoms with Gasteiger partial charge in [0.15, 0.2) is 0 Å². The second kappa shape index (κ2) is 2.96. The molecule has 0 saturated carbocycles. The smallest absolute Gasteiger partial charge is 0.251 e. The van der Waals surface area contributed by atoms with E-state index in [1.54, 1.807) is 7.05 Å². The lowest BCUT2D eigenvalue weighted by Crippen LogP contribution is -2.15. The third-order valence-corrected chi connectivity index (χ3v) is 2.26. The van der Waals surface area contributed by atoms with Crippen molar-refractivity contribution in [2.45, 2.75) is 0 Å². The minimum atomic E-state index is -0.177. The van der Waals surface area contributed by atoms with Gasteiger partial charge in [0.1, 0.15) is 10.3 Å². The maximum Gasteiger partial charge on any atom is 0.251 e. The molecule has 0 aliphatic carbocycles. The molecule has 0 aliphatic heterocycles. The van der Waals surface area contributed by atoms with Crippen LogP contribution < -0.4 is 5.56 Å². The van der Waals surface area contributed by atoms with E-state index in [-0.39, 0.29) is 11.2 Å². The van der Waals surface area contributed by atoms with Crippen molar-refractivity contribution >= 4 is 21.6 Å². The van der Waals surface area contributed by atoms with Gasteiger partial charge in [0.25, 0.3) is 5.56 Å². The average Bonchev–Trinajstić information content (AvgIpc) is 2.01. The van der Waals surface area contributed by atoms with E-state index in [2.05, 4.69) is 21.1 Å². The van der Waals surface area contributed by atoms with E-state index >= 15 is 0 Å². The minimum absolute atomic E-state index is 0.177. The van der Waals surface area contributed by atoms with Crippen molar-refractivity contribution in [3.63, 3.8) is 0 Å². The normalized spacial score (nSPS) is 9.64. The van der Waals surface area contributed by atoms with Crippen molar-refractivity contribution < 1.29 is 0 Å².